The van der Waals surface area contributed by atoms with E-state index >= 15 is 0 Å². The lowest BCUT2D eigenvalue weighted by atomic mass is 10.2. The van der Waals surface area contributed by atoms with Gasteiger partial charge in [-0.25, -0.2) is 9.97 Å². The first-order chi connectivity index (χ1) is 8.15. The van der Waals surface area contributed by atoms with Crippen molar-refractivity contribution < 1.29 is 4.74 Å². The van der Waals surface area contributed by atoms with E-state index in [0.717, 1.165) is 17.3 Å². The molecule has 2 rings (SSSR count). The van der Waals surface area contributed by atoms with Gasteiger partial charge in [0.05, 0.1) is 5.69 Å². The summed E-state index contributed by atoms with van der Waals surface area (Å²) < 4.78 is 5.82. The Kier molecular flexibility index (Phi) is 3.38. The molecule has 3 heteroatoms. The molecule has 0 saturated carbocycles. The number of ether oxygens (including phenoxy) is 1. The first kappa shape index (κ1) is 11.6. The van der Waals surface area contributed by atoms with Gasteiger partial charge in [0.1, 0.15) is 17.7 Å². The molecule has 0 aliphatic rings. The number of aromatic nitrogens is 2. The SMILES string of the molecule is Cc1ccc(OC(C)c2ccnc(C)n2)cc1. The first-order valence-electron chi connectivity index (χ1n) is 5.68. The largest absolute Gasteiger partial charge is 0.484 e. The first-order valence-corrected chi connectivity index (χ1v) is 5.68. The zero-order valence-electron chi connectivity index (χ0n) is 10.3. The lowest BCUT2D eigenvalue weighted by Gasteiger charge is -2.14. The van der Waals surface area contributed by atoms with Crippen molar-refractivity contribution in [3.8, 4) is 5.75 Å². The van der Waals surface area contributed by atoms with Crippen molar-refractivity contribution in [2.45, 2.75) is 26.9 Å². The standard InChI is InChI=1S/C14H16N2O/c1-10-4-6-13(7-5-10)17-11(2)14-8-9-15-12(3)16-14/h4-9,11H,1-3H3. The van der Waals surface area contributed by atoms with Crippen molar-refractivity contribution in [1.82, 2.24) is 9.97 Å². The van der Waals surface area contributed by atoms with Crippen LogP contribution in [0.2, 0.25) is 0 Å². The van der Waals surface area contributed by atoms with Gasteiger partial charge in [0.15, 0.2) is 0 Å². The summed E-state index contributed by atoms with van der Waals surface area (Å²) in [6.07, 6.45) is 1.69. The van der Waals surface area contributed by atoms with Crippen molar-refractivity contribution in [2.24, 2.45) is 0 Å². The van der Waals surface area contributed by atoms with Gasteiger partial charge in [0, 0.05) is 6.20 Å². The van der Waals surface area contributed by atoms with Crippen molar-refractivity contribution >= 4 is 0 Å². The Morgan fingerprint density at radius 2 is 1.76 bits per heavy atom. The van der Waals surface area contributed by atoms with E-state index in [1.165, 1.54) is 5.56 Å². The van der Waals surface area contributed by atoms with E-state index in [-0.39, 0.29) is 6.10 Å². The van der Waals surface area contributed by atoms with E-state index in [4.69, 9.17) is 4.74 Å². The molecule has 0 amide bonds. The lowest BCUT2D eigenvalue weighted by molar-refractivity contribution is 0.221. The van der Waals surface area contributed by atoms with E-state index < -0.39 is 0 Å². The smallest absolute Gasteiger partial charge is 0.138 e. The van der Waals surface area contributed by atoms with Crippen LogP contribution in [-0.4, -0.2) is 9.97 Å². The number of hydrogen-bond acceptors (Lipinski definition) is 3. The van der Waals surface area contributed by atoms with Crippen LogP contribution in [0.3, 0.4) is 0 Å². The minimum atomic E-state index is -0.0700. The Hall–Kier alpha value is -1.90. The van der Waals surface area contributed by atoms with Crippen LogP contribution in [0.5, 0.6) is 5.75 Å². The van der Waals surface area contributed by atoms with E-state index in [1.807, 2.05) is 44.2 Å². The Labute approximate surface area is 102 Å². The molecule has 2 aromatic rings. The molecule has 1 heterocycles. The predicted octanol–water partition coefficient (Wildman–Crippen LogP) is 3.23. The zero-order chi connectivity index (χ0) is 12.3. The van der Waals surface area contributed by atoms with Gasteiger partial charge in [-0.2, -0.15) is 0 Å². The summed E-state index contributed by atoms with van der Waals surface area (Å²) in [6, 6.07) is 9.90. The molecule has 0 spiro atoms. The van der Waals surface area contributed by atoms with E-state index in [1.54, 1.807) is 6.20 Å². The second kappa shape index (κ2) is 4.95. The molecule has 0 aliphatic carbocycles. The van der Waals surface area contributed by atoms with Gasteiger partial charge in [0.2, 0.25) is 0 Å². The molecule has 0 radical (unpaired) electrons. The van der Waals surface area contributed by atoms with Crippen LogP contribution in [0.4, 0.5) is 0 Å². The number of rotatable bonds is 3. The molecule has 0 aliphatic heterocycles. The zero-order valence-corrected chi connectivity index (χ0v) is 10.3. The third-order valence-corrected chi connectivity index (χ3v) is 2.55. The average molecular weight is 228 g/mol. The van der Waals surface area contributed by atoms with Crippen LogP contribution in [0.15, 0.2) is 36.5 Å². The summed E-state index contributed by atoms with van der Waals surface area (Å²) in [6.45, 7) is 5.92. The van der Waals surface area contributed by atoms with Gasteiger partial charge in [-0.05, 0) is 39.0 Å². The number of benzene rings is 1. The molecular formula is C14H16N2O. The van der Waals surface area contributed by atoms with Crippen LogP contribution in [-0.2, 0) is 0 Å². The average Bonchev–Trinajstić information content (AvgIpc) is 2.32. The lowest BCUT2D eigenvalue weighted by Crippen LogP contribution is -2.06. The summed E-state index contributed by atoms with van der Waals surface area (Å²) in [5.74, 6) is 1.63. The number of aryl methyl sites for hydroxylation is 2. The van der Waals surface area contributed by atoms with Gasteiger partial charge in [-0.3, -0.25) is 0 Å². The Morgan fingerprint density at radius 1 is 1.06 bits per heavy atom. The molecule has 88 valence electrons. The molecule has 0 bridgehead atoms. The van der Waals surface area contributed by atoms with Gasteiger partial charge < -0.3 is 4.74 Å². The van der Waals surface area contributed by atoms with Gasteiger partial charge in [-0.15, -0.1) is 0 Å². The highest BCUT2D eigenvalue weighted by Gasteiger charge is 2.08. The molecule has 0 saturated heterocycles. The van der Waals surface area contributed by atoms with Crippen molar-refractivity contribution in [3.63, 3.8) is 0 Å². The summed E-state index contributed by atoms with van der Waals surface area (Å²) in [5.41, 5.74) is 2.13. The minimum absolute atomic E-state index is 0.0700. The van der Waals surface area contributed by atoms with Crippen molar-refractivity contribution in [2.75, 3.05) is 0 Å². The van der Waals surface area contributed by atoms with Crippen LogP contribution >= 0.6 is 0 Å². The minimum Gasteiger partial charge on any atom is -0.484 e. The van der Waals surface area contributed by atoms with Crippen molar-refractivity contribution in [1.29, 1.82) is 0 Å². The molecule has 1 aromatic carbocycles. The molecule has 1 aromatic heterocycles. The molecule has 3 nitrogen and oxygen atoms in total. The van der Waals surface area contributed by atoms with Gasteiger partial charge in [0.25, 0.3) is 0 Å². The van der Waals surface area contributed by atoms with Crippen molar-refractivity contribution in [3.05, 3.63) is 53.6 Å². The fraction of sp³-hybridized carbons (Fsp3) is 0.286. The molecule has 1 atom stereocenters. The maximum atomic E-state index is 5.82. The normalized spacial score (nSPS) is 12.2. The Balaban J connectivity index is 2.11. The molecule has 0 N–H and O–H groups in total. The highest BCUT2D eigenvalue weighted by atomic mass is 16.5. The summed E-state index contributed by atoms with van der Waals surface area (Å²) in [4.78, 5) is 8.42. The third-order valence-electron chi connectivity index (χ3n) is 2.55. The third kappa shape index (κ3) is 3.03. The highest BCUT2D eigenvalue weighted by molar-refractivity contribution is 5.27. The monoisotopic (exact) mass is 228 g/mol. The topological polar surface area (TPSA) is 35.0 Å². The number of nitrogens with zero attached hydrogens (tertiary/aromatic N) is 2. The Bertz CT molecular complexity index is 494. The number of hydrogen-bond donors (Lipinski definition) is 0. The van der Waals surface area contributed by atoms with E-state index in [9.17, 15) is 0 Å². The van der Waals surface area contributed by atoms with Crippen LogP contribution in [0.1, 0.15) is 30.1 Å². The van der Waals surface area contributed by atoms with E-state index in [2.05, 4.69) is 16.9 Å². The summed E-state index contributed by atoms with van der Waals surface area (Å²) >= 11 is 0. The summed E-state index contributed by atoms with van der Waals surface area (Å²) in [7, 11) is 0. The van der Waals surface area contributed by atoms with Crippen LogP contribution in [0.25, 0.3) is 0 Å². The maximum Gasteiger partial charge on any atom is 0.138 e. The predicted molar refractivity (Wildman–Crippen MR) is 67.0 cm³/mol. The maximum absolute atomic E-state index is 5.82. The van der Waals surface area contributed by atoms with Crippen LogP contribution in [0, 0.1) is 13.8 Å². The fourth-order valence-electron chi connectivity index (χ4n) is 1.58. The van der Waals surface area contributed by atoms with Crippen LogP contribution < -0.4 is 4.74 Å². The molecular weight excluding hydrogens is 212 g/mol. The van der Waals surface area contributed by atoms with Gasteiger partial charge >= 0.3 is 0 Å². The second-order valence-electron chi connectivity index (χ2n) is 4.10. The highest BCUT2D eigenvalue weighted by Crippen LogP contribution is 2.20. The van der Waals surface area contributed by atoms with Gasteiger partial charge in [-0.1, -0.05) is 17.7 Å². The molecule has 17 heavy (non-hydrogen) atoms. The second-order valence-corrected chi connectivity index (χ2v) is 4.10. The summed E-state index contributed by atoms with van der Waals surface area (Å²) in [5, 5.41) is 0. The fourth-order valence-corrected chi connectivity index (χ4v) is 1.58. The molecule has 1 unspecified atom stereocenters. The molecule has 0 fully saturated rings. The van der Waals surface area contributed by atoms with E-state index in [0.29, 0.717) is 0 Å². The quantitative estimate of drug-likeness (QED) is 0.809. The Morgan fingerprint density at radius 3 is 2.41 bits per heavy atom.